The molecule has 4 nitrogen and oxygen atoms in total. The van der Waals surface area contributed by atoms with Crippen molar-refractivity contribution < 1.29 is 9.90 Å². The van der Waals surface area contributed by atoms with Crippen LogP contribution in [0.5, 0.6) is 0 Å². The van der Waals surface area contributed by atoms with Crippen LogP contribution in [0.2, 0.25) is 0 Å². The Kier molecular flexibility index (Phi) is 3.31. The number of carboxylic acid groups (broad SMARTS) is 1. The molecule has 0 saturated carbocycles. The number of fused-ring (bicyclic) bond motifs is 1. The van der Waals surface area contributed by atoms with Crippen molar-refractivity contribution in [3.63, 3.8) is 0 Å². The predicted octanol–water partition coefficient (Wildman–Crippen LogP) is 2.45. The molecule has 0 aliphatic carbocycles. The number of thioether (sulfide) groups is 1. The molecule has 6 heteroatoms. The highest BCUT2D eigenvalue weighted by Crippen LogP contribution is 2.30. The topological polar surface area (TPSA) is 76.2 Å². The molecular formula is C10H10N2O2S2. The molecular weight excluding hydrogens is 244 g/mol. The number of hydrogen-bond donors (Lipinski definition) is 2. The van der Waals surface area contributed by atoms with Crippen LogP contribution in [0.1, 0.15) is 6.42 Å². The number of nitrogens with zero attached hydrogens (tertiary/aromatic N) is 1. The molecule has 0 saturated heterocycles. The van der Waals surface area contributed by atoms with Crippen LogP contribution in [0.3, 0.4) is 0 Å². The Labute approximate surface area is 100 Å². The number of carboxylic acids is 1. The lowest BCUT2D eigenvalue weighted by Gasteiger charge is -1.91. The van der Waals surface area contributed by atoms with E-state index < -0.39 is 5.97 Å². The third kappa shape index (κ3) is 2.65. The van der Waals surface area contributed by atoms with E-state index in [1.165, 1.54) is 11.8 Å². The van der Waals surface area contributed by atoms with Gasteiger partial charge in [-0.3, -0.25) is 4.79 Å². The minimum absolute atomic E-state index is 0.155. The molecule has 0 amide bonds. The fourth-order valence-electron chi connectivity index (χ4n) is 1.21. The third-order valence-corrected chi connectivity index (χ3v) is 4.10. The second-order valence-electron chi connectivity index (χ2n) is 3.20. The van der Waals surface area contributed by atoms with Gasteiger partial charge >= 0.3 is 5.97 Å². The third-order valence-electron chi connectivity index (χ3n) is 1.93. The van der Waals surface area contributed by atoms with E-state index in [9.17, 15) is 4.79 Å². The first kappa shape index (κ1) is 11.2. The Balaban J connectivity index is 2.10. The summed E-state index contributed by atoms with van der Waals surface area (Å²) < 4.78 is 1.93. The zero-order valence-electron chi connectivity index (χ0n) is 8.34. The number of nitrogens with two attached hydrogens (primary N) is 1. The molecule has 0 fully saturated rings. The Morgan fingerprint density at radius 2 is 2.38 bits per heavy atom. The van der Waals surface area contributed by atoms with Gasteiger partial charge in [-0.25, -0.2) is 4.98 Å². The number of benzene rings is 1. The Hall–Kier alpha value is -1.27. The maximum atomic E-state index is 10.4. The average Bonchev–Trinajstić information content (AvgIpc) is 2.58. The van der Waals surface area contributed by atoms with Crippen molar-refractivity contribution in [2.24, 2.45) is 0 Å². The van der Waals surface area contributed by atoms with Crippen LogP contribution >= 0.6 is 23.1 Å². The maximum absolute atomic E-state index is 10.4. The number of carbonyl (C=O) groups is 1. The van der Waals surface area contributed by atoms with Crippen LogP contribution < -0.4 is 5.73 Å². The summed E-state index contributed by atoms with van der Waals surface area (Å²) in [4.78, 5) is 14.7. The highest BCUT2D eigenvalue weighted by molar-refractivity contribution is 8.01. The fraction of sp³-hybridized carbons (Fsp3) is 0.200. The minimum Gasteiger partial charge on any atom is -0.481 e. The summed E-state index contributed by atoms with van der Waals surface area (Å²) >= 11 is 3.01. The van der Waals surface area contributed by atoms with Gasteiger partial charge < -0.3 is 10.8 Å². The van der Waals surface area contributed by atoms with Crippen molar-refractivity contribution >= 4 is 45.0 Å². The van der Waals surface area contributed by atoms with Gasteiger partial charge in [-0.1, -0.05) is 11.8 Å². The van der Waals surface area contributed by atoms with E-state index in [0.29, 0.717) is 5.75 Å². The maximum Gasteiger partial charge on any atom is 0.304 e. The molecule has 84 valence electrons. The van der Waals surface area contributed by atoms with Gasteiger partial charge in [0, 0.05) is 11.4 Å². The quantitative estimate of drug-likeness (QED) is 0.647. The van der Waals surface area contributed by atoms with Crippen molar-refractivity contribution in [1.82, 2.24) is 4.98 Å². The highest BCUT2D eigenvalue weighted by Gasteiger charge is 2.05. The number of aromatic nitrogens is 1. The lowest BCUT2D eigenvalue weighted by molar-refractivity contribution is -0.136. The van der Waals surface area contributed by atoms with Gasteiger partial charge in [0.05, 0.1) is 16.6 Å². The van der Waals surface area contributed by atoms with Gasteiger partial charge in [-0.15, -0.1) is 11.3 Å². The standard InChI is InChI=1S/C10H10N2O2S2/c11-6-1-2-7-8(5-6)16-10(12-7)15-4-3-9(13)14/h1-2,5H,3-4,11H2,(H,13,14). The van der Waals surface area contributed by atoms with Gasteiger partial charge in [0.2, 0.25) is 0 Å². The second kappa shape index (κ2) is 4.71. The van der Waals surface area contributed by atoms with Crippen LogP contribution in [-0.4, -0.2) is 21.8 Å². The first-order valence-electron chi connectivity index (χ1n) is 4.66. The molecule has 16 heavy (non-hydrogen) atoms. The first-order chi connectivity index (χ1) is 7.65. The average molecular weight is 254 g/mol. The van der Waals surface area contributed by atoms with Crippen LogP contribution in [-0.2, 0) is 4.79 Å². The molecule has 1 aromatic carbocycles. The largest absolute Gasteiger partial charge is 0.481 e. The van der Waals surface area contributed by atoms with E-state index in [4.69, 9.17) is 10.8 Å². The SMILES string of the molecule is Nc1ccc2nc(SCCC(=O)O)sc2c1. The molecule has 0 unspecified atom stereocenters. The van der Waals surface area contributed by atoms with Crippen molar-refractivity contribution in [3.05, 3.63) is 18.2 Å². The van der Waals surface area contributed by atoms with Gasteiger partial charge in [-0.05, 0) is 18.2 Å². The zero-order chi connectivity index (χ0) is 11.5. The summed E-state index contributed by atoms with van der Waals surface area (Å²) in [7, 11) is 0. The Morgan fingerprint density at radius 1 is 1.56 bits per heavy atom. The van der Waals surface area contributed by atoms with Gasteiger partial charge in [0.1, 0.15) is 0 Å². The van der Waals surface area contributed by atoms with E-state index >= 15 is 0 Å². The molecule has 3 N–H and O–H groups in total. The summed E-state index contributed by atoms with van der Waals surface area (Å²) in [5, 5.41) is 8.52. The smallest absolute Gasteiger partial charge is 0.304 e. The zero-order valence-corrected chi connectivity index (χ0v) is 9.98. The number of thiazole rings is 1. The molecule has 1 aromatic heterocycles. The van der Waals surface area contributed by atoms with E-state index in [2.05, 4.69) is 4.98 Å². The summed E-state index contributed by atoms with van der Waals surface area (Å²) in [5.74, 6) is -0.233. The molecule has 0 aliphatic rings. The van der Waals surface area contributed by atoms with Crippen LogP contribution in [0.4, 0.5) is 5.69 Å². The predicted molar refractivity (Wildman–Crippen MR) is 67.0 cm³/mol. The molecule has 2 rings (SSSR count). The number of hydrogen-bond acceptors (Lipinski definition) is 5. The monoisotopic (exact) mass is 254 g/mol. The fourth-order valence-corrected chi connectivity index (χ4v) is 3.32. The summed E-state index contributed by atoms with van der Waals surface area (Å²) in [5.41, 5.74) is 7.30. The molecule has 0 bridgehead atoms. The molecule has 2 aromatic rings. The minimum atomic E-state index is -0.780. The number of aliphatic carboxylic acids is 1. The second-order valence-corrected chi connectivity index (χ2v) is 5.57. The summed E-state index contributed by atoms with van der Waals surface area (Å²) in [6.07, 6.45) is 0.155. The Bertz CT molecular complexity index is 525. The van der Waals surface area contributed by atoms with E-state index in [0.717, 1.165) is 20.2 Å². The normalized spacial score (nSPS) is 10.8. The van der Waals surface area contributed by atoms with Crippen molar-refractivity contribution in [2.75, 3.05) is 11.5 Å². The van der Waals surface area contributed by atoms with Gasteiger partial charge in [0.15, 0.2) is 4.34 Å². The van der Waals surface area contributed by atoms with Gasteiger partial charge in [-0.2, -0.15) is 0 Å². The van der Waals surface area contributed by atoms with Crippen molar-refractivity contribution in [3.8, 4) is 0 Å². The first-order valence-corrected chi connectivity index (χ1v) is 6.46. The van der Waals surface area contributed by atoms with Crippen molar-refractivity contribution in [2.45, 2.75) is 10.8 Å². The van der Waals surface area contributed by atoms with Gasteiger partial charge in [0.25, 0.3) is 0 Å². The van der Waals surface area contributed by atoms with Crippen LogP contribution in [0.15, 0.2) is 22.5 Å². The van der Waals surface area contributed by atoms with Crippen LogP contribution in [0.25, 0.3) is 10.2 Å². The van der Waals surface area contributed by atoms with E-state index in [1.54, 1.807) is 11.3 Å². The van der Waals surface area contributed by atoms with E-state index in [1.807, 2.05) is 18.2 Å². The van der Waals surface area contributed by atoms with Crippen LogP contribution in [0, 0.1) is 0 Å². The van der Waals surface area contributed by atoms with Crippen molar-refractivity contribution in [1.29, 1.82) is 0 Å². The lowest BCUT2D eigenvalue weighted by Crippen LogP contribution is -1.95. The van der Waals surface area contributed by atoms with E-state index in [-0.39, 0.29) is 6.42 Å². The highest BCUT2D eigenvalue weighted by atomic mass is 32.2. The molecule has 0 radical (unpaired) electrons. The molecule has 0 aliphatic heterocycles. The summed E-state index contributed by atoms with van der Waals surface area (Å²) in [6.45, 7) is 0. The number of nitrogen functional groups attached to an aromatic ring is 1. The number of rotatable bonds is 4. The number of anilines is 1. The molecule has 0 atom stereocenters. The summed E-state index contributed by atoms with van der Waals surface area (Å²) in [6, 6.07) is 5.57. The molecule has 1 heterocycles. The molecule has 0 spiro atoms. The lowest BCUT2D eigenvalue weighted by atomic mass is 10.3. The Morgan fingerprint density at radius 3 is 3.12 bits per heavy atom.